The van der Waals surface area contributed by atoms with Gasteiger partial charge in [-0.3, -0.25) is 0 Å². The molecule has 1 aromatic rings. The molecule has 1 aromatic heterocycles. The van der Waals surface area contributed by atoms with Gasteiger partial charge in [0.05, 0.1) is 32.8 Å². The van der Waals surface area contributed by atoms with Crippen molar-refractivity contribution in [1.29, 1.82) is 0 Å². The summed E-state index contributed by atoms with van der Waals surface area (Å²) in [7, 11) is 0. The topological polar surface area (TPSA) is 9.23 Å². The monoisotopic (exact) mass is 266 g/mol. The molecule has 18 heavy (non-hydrogen) atoms. The van der Waals surface area contributed by atoms with Crippen LogP contribution >= 0.6 is 11.3 Å². The first-order chi connectivity index (χ1) is 8.77. The zero-order chi connectivity index (χ0) is 12.4. The van der Waals surface area contributed by atoms with Gasteiger partial charge < -0.3 is 9.22 Å². The lowest BCUT2D eigenvalue weighted by atomic mass is 9.85. The van der Waals surface area contributed by atoms with Gasteiger partial charge in [0.1, 0.15) is 5.75 Å². The van der Waals surface area contributed by atoms with E-state index in [0.29, 0.717) is 0 Å². The molecule has 2 bridgehead atoms. The molecule has 4 heterocycles. The molecule has 3 aliphatic heterocycles. The second-order valence-electron chi connectivity index (χ2n) is 6.09. The summed E-state index contributed by atoms with van der Waals surface area (Å²) in [6.45, 7) is 8.65. The Morgan fingerprint density at radius 2 is 1.94 bits per heavy atom. The molecule has 0 radical (unpaired) electrons. The van der Waals surface area contributed by atoms with Crippen molar-refractivity contribution < 1.29 is 9.22 Å². The lowest BCUT2D eigenvalue weighted by Crippen LogP contribution is -2.58. The Morgan fingerprint density at radius 1 is 1.22 bits per heavy atom. The normalized spacial score (nSPS) is 30.6. The molecular formula is C15H24NOS+. The minimum absolute atomic E-state index is 0.890. The lowest BCUT2D eigenvalue weighted by Gasteiger charge is -2.49. The third kappa shape index (κ3) is 2.57. The summed E-state index contributed by atoms with van der Waals surface area (Å²) in [6, 6.07) is 0. The number of aryl methyl sites for hydroxylation is 1. The van der Waals surface area contributed by atoms with Crippen LogP contribution in [0.3, 0.4) is 0 Å². The van der Waals surface area contributed by atoms with E-state index in [-0.39, 0.29) is 0 Å². The van der Waals surface area contributed by atoms with Gasteiger partial charge in [-0.2, -0.15) is 0 Å². The maximum atomic E-state index is 5.87. The summed E-state index contributed by atoms with van der Waals surface area (Å²) in [5.41, 5.74) is 1.28. The van der Waals surface area contributed by atoms with Crippen LogP contribution in [0.5, 0.6) is 5.75 Å². The third-order valence-electron chi connectivity index (χ3n) is 4.88. The van der Waals surface area contributed by atoms with Crippen molar-refractivity contribution in [2.24, 2.45) is 5.92 Å². The number of quaternary nitrogens is 1. The number of hydrogen-bond donors (Lipinski definition) is 0. The van der Waals surface area contributed by atoms with Crippen LogP contribution in [0.1, 0.15) is 31.2 Å². The van der Waals surface area contributed by atoms with E-state index in [2.05, 4.69) is 17.7 Å². The highest BCUT2D eigenvalue weighted by atomic mass is 32.1. The molecule has 0 aliphatic carbocycles. The van der Waals surface area contributed by atoms with Crippen LogP contribution < -0.4 is 4.74 Å². The molecule has 0 aromatic carbocycles. The van der Waals surface area contributed by atoms with E-state index in [1.807, 2.05) is 0 Å². The van der Waals surface area contributed by atoms with E-state index in [0.717, 1.165) is 18.3 Å². The summed E-state index contributed by atoms with van der Waals surface area (Å²) in [6.07, 6.45) is 5.64. The van der Waals surface area contributed by atoms with Crippen LogP contribution in [0, 0.1) is 12.8 Å². The van der Waals surface area contributed by atoms with Gasteiger partial charge in [0.25, 0.3) is 0 Å². The van der Waals surface area contributed by atoms with Crippen LogP contribution in [-0.2, 0) is 0 Å². The number of thiophene rings is 1. The fourth-order valence-corrected chi connectivity index (χ4v) is 4.32. The first-order valence-electron chi connectivity index (χ1n) is 7.28. The highest BCUT2D eigenvalue weighted by Crippen LogP contribution is 2.33. The van der Waals surface area contributed by atoms with Gasteiger partial charge >= 0.3 is 0 Å². The summed E-state index contributed by atoms with van der Waals surface area (Å²) in [5, 5.41) is 4.28. The Kier molecular flexibility index (Phi) is 3.62. The van der Waals surface area contributed by atoms with Gasteiger partial charge in [-0.15, -0.1) is 11.3 Å². The molecule has 100 valence electrons. The number of hydrogen-bond acceptors (Lipinski definition) is 2. The fraction of sp³-hybridized carbons (Fsp3) is 0.733. The average molecular weight is 266 g/mol. The number of nitrogens with zero attached hydrogens (tertiary/aromatic N) is 1. The molecule has 2 nitrogen and oxygen atoms in total. The van der Waals surface area contributed by atoms with Crippen molar-refractivity contribution in [3.05, 3.63) is 16.3 Å². The predicted molar refractivity (Wildman–Crippen MR) is 76.2 cm³/mol. The van der Waals surface area contributed by atoms with Crippen LogP contribution in [0.4, 0.5) is 0 Å². The standard InChI is InChI=1S/C15H24NOS/c1-13-11-18-12-15(13)17-10-2-6-16-7-3-14(4-8-16)5-9-16/h11-12,14H,2-10H2,1H3/q+1. The average Bonchev–Trinajstić information content (AvgIpc) is 2.83. The largest absolute Gasteiger partial charge is 0.492 e. The first kappa shape index (κ1) is 12.5. The number of piperidine rings is 3. The van der Waals surface area contributed by atoms with Crippen molar-refractivity contribution in [3.63, 3.8) is 0 Å². The molecule has 0 unspecified atom stereocenters. The Morgan fingerprint density at radius 3 is 2.56 bits per heavy atom. The number of ether oxygens (including phenoxy) is 1. The maximum Gasteiger partial charge on any atom is 0.132 e. The van der Waals surface area contributed by atoms with Gasteiger partial charge in [0, 0.05) is 17.4 Å². The predicted octanol–water partition coefficient (Wildman–Crippen LogP) is 3.46. The highest BCUT2D eigenvalue weighted by molar-refractivity contribution is 7.08. The van der Waals surface area contributed by atoms with Crippen molar-refractivity contribution in [1.82, 2.24) is 0 Å². The number of rotatable bonds is 5. The quantitative estimate of drug-likeness (QED) is 0.586. The molecule has 3 aliphatic rings. The van der Waals surface area contributed by atoms with Gasteiger partial charge in [-0.1, -0.05) is 0 Å². The van der Waals surface area contributed by atoms with Gasteiger partial charge in [-0.05, 0) is 37.5 Å². The molecule has 0 atom stereocenters. The van der Waals surface area contributed by atoms with E-state index >= 15 is 0 Å². The first-order valence-corrected chi connectivity index (χ1v) is 8.22. The molecule has 0 N–H and O–H groups in total. The van der Waals surface area contributed by atoms with E-state index in [1.54, 1.807) is 11.3 Å². The second kappa shape index (κ2) is 5.22. The minimum Gasteiger partial charge on any atom is -0.492 e. The van der Waals surface area contributed by atoms with E-state index in [4.69, 9.17) is 4.74 Å². The molecule has 0 spiro atoms. The van der Waals surface area contributed by atoms with Gasteiger partial charge in [-0.25, -0.2) is 0 Å². The second-order valence-corrected chi connectivity index (χ2v) is 6.83. The molecule has 0 saturated carbocycles. The van der Waals surface area contributed by atoms with Crippen molar-refractivity contribution in [3.8, 4) is 5.75 Å². The summed E-state index contributed by atoms with van der Waals surface area (Å²) in [5.74, 6) is 2.16. The van der Waals surface area contributed by atoms with Crippen LogP contribution in [0.15, 0.2) is 10.8 Å². The van der Waals surface area contributed by atoms with Gasteiger partial charge in [0.15, 0.2) is 0 Å². The SMILES string of the molecule is Cc1cscc1OCCC[N+]12CCC(CC1)CC2. The molecular weight excluding hydrogens is 242 g/mol. The van der Waals surface area contributed by atoms with E-state index < -0.39 is 0 Å². The Balaban J connectivity index is 1.43. The smallest absolute Gasteiger partial charge is 0.132 e. The summed E-state index contributed by atoms with van der Waals surface area (Å²) >= 11 is 1.73. The molecule has 3 saturated heterocycles. The fourth-order valence-electron chi connectivity index (χ4n) is 3.55. The Labute approximate surface area is 114 Å². The minimum atomic E-state index is 0.890. The van der Waals surface area contributed by atoms with E-state index in [1.165, 1.54) is 61.9 Å². The van der Waals surface area contributed by atoms with Crippen molar-refractivity contribution >= 4 is 11.3 Å². The molecule has 3 heteroatoms. The highest BCUT2D eigenvalue weighted by Gasteiger charge is 2.38. The molecule has 4 rings (SSSR count). The van der Waals surface area contributed by atoms with Crippen LogP contribution in [0.2, 0.25) is 0 Å². The van der Waals surface area contributed by atoms with E-state index in [9.17, 15) is 0 Å². The van der Waals surface area contributed by atoms with Crippen LogP contribution in [0.25, 0.3) is 0 Å². The zero-order valence-electron chi connectivity index (χ0n) is 11.4. The summed E-state index contributed by atoms with van der Waals surface area (Å²) < 4.78 is 7.26. The Bertz CT molecular complexity index is 379. The third-order valence-corrected chi connectivity index (χ3v) is 5.72. The van der Waals surface area contributed by atoms with Crippen LogP contribution in [-0.4, -0.2) is 37.3 Å². The Hall–Kier alpha value is -0.540. The lowest BCUT2D eigenvalue weighted by molar-refractivity contribution is -0.942. The zero-order valence-corrected chi connectivity index (χ0v) is 12.2. The molecule has 3 fully saturated rings. The maximum absolute atomic E-state index is 5.87. The van der Waals surface area contributed by atoms with Crippen molar-refractivity contribution in [2.75, 3.05) is 32.8 Å². The van der Waals surface area contributed by atoms with Gasteiger partial charge in [0.2, 0.25) is 0 Å². The summed E-state index contributed by atoms with van der Waals surface area (Å²) in [4.78, 5) is 0. The number of fused-ring (bicyclic) bond motifs is 3. The molecule has 0 amide bonds. The van der Waals surface area contributed by atoms with Crippen molar-refractivity contribution in [2.45, 2.75) is 32.6 Å².